The molecule has 0 aromatic heterocycles. The Kier molecular flexibility index (Phi) is 6.08. The van der Waals surface area contributed by atoms with Gasteiger partial charge in [0.25, 0.3) is 5.91 Å². The van der Waals surface area contributed by atoms with Crippen LogP contribution in [0.2, 0.25) is 0 Å². The fourth-order valence-corrected chi connectivity index (χ4v) is 6.61. The molecule has 2 amide bonds. The molecule has 32 heavy (non-hydrogen) atoms. The second-order valence-electron chi connectivity index (χ2n) is 11.3. The number of hydrogen-bond donors (Lipinski definition) is 1. The van der Waals surface area contributed by atoms with Crippen molar-refractivity contribution in [1.82, 2.24) is 4.90 Å². The number of hydrogen-bond acceptors (Lipinski definition) is 4. The summed E-state index contributed by atoms with van der Waals surface area (Å²) in [4.78, 5) is 39.9. The fraction of sp³-hybridized carbons (Fsp3) is 0.654. The maximum Gasteiger partial charge on any atom is 0.308 e. The van der Waals surface area contributed by atoms with Gasteiger partial charge in [0.1, 0.15) is 0 Å². The van der Waals surface area contributed by atoms with Gasteiger partial charge in [-0.15, -0.1) is 0 Å². The first-order valence-electron chi connectivity index (χ1n) is 11.9. The van der Waals surface area contributed by atoms with Gasteiger partial charge < -0.3 is 15.0 Å². The van der Waals surface area contributed by atoms with E-state index in [1.165, 1.54) is 7.11 Å². The first-order valence-corrected chi connectivity index (χ1v) is 11.9. The molecule has 2 saturated carbocycles. The zero-order chi connectivity index (χ0) is 23.1. The Morgan fingerprint density at radius 3 is 2.41 bits per heavy atom. The predicted molar refractivity (Wildman–Crippen MR) is 123 cm³/mol. The molecule has 2 aliphatic carbocycles. The van der Waals surface area contributed by atoms with Crippen LogP contribution in [0.5, 0.6) is 0 Å². The SMILES string of the molecule is COC(=O)C1CCCC(C(=O)Nc2ccc(C(=O)N3CC4(C)CC3CC(C)(C)C4)cc2)C1. The number of anilines is 1. The van der Waals surface area contributed by atoms with Crippen LogP contribution in [0.1, 0.15) is 76.1 Å². The Bertz CT molecular complexity index is 894. The van der Waals surface area contributed by atoms with E-state index in [0.717, 1.165) is 45.1 Å². The van der Waals surface area contributed by atoms with Crippen LogP contribution in [0.4, 0.5) is 5.69 Å². The number of carbonyl (C=O) groups excluding carboxylic acids is 3. The number of amides is 2. The highest BCUT2D eigenvalue weighted by Crippen LogP contribution is 2.52. The third kappa shape index (κ3) is 4.69. The van der Waals surface area contributed by atoms with Gasteiger partial charge in [-0.3, -0.25) is 14.4 Å². The summed E-state index contributed by atoms with van der Waals surface area (Å²) in [7, 11) is 1.39. The van der Waals surface area contributed by atoms with Gasteiger partial charge in [-0.1, -0.05) is 27.2 Å². The molecule has 0 radical (unpaired) electrons. The molecule has 1 aromatic rings. The number of methoxy groups -OCH3 is 1. The smallest absolute Gasteiger partial charge is 0.308 e. The predicted octanol–water partition coefficient (Wildman–Crippen LogP) is 4.65. The first kappa shape index (κ1) is 22.8. The van der Waals surface area contributed by atoms with Crippen molar-refractivity contribution in [3.8, 4) is 0 Å². The summed E-state index contributed by atoms with van der Waals surface area (Å²) in [5, 5.41) is 2.96. The van der Waals surface area contributed by atoms with E-state index in [0.29, 0.717) is 23.7 Å². The number of ether oxygens (including phenoxy) is 1. The number of fused-ring (bicyclic) bond motifs is 2. The monoisotopic (exact) mass is 440 g/mol. The zero-order valence-corrected chi connectivity index (χ0v) is 19.8. The largest absolute Gasteiger partial charge is 0.469 e. The van der Waals surface area contributed by atoms with E-state index < -0.39 is 0 Å². The van der Waals surface area contributed by atoms with Crippen LogP contribution < -0.4 is 5.32 Å². The van der Waals surface area contributed by atoms with Crippen LogP contribution in [-0.4, -0.2) is 42.4 Å². The summed E-state index contributed by atoms with van der Waals surface area (Å²) in [6.45, 7) is 7.75. The van der Waals surface area contributed by atoms with Gasteiger partial charge in [0.2, 0.25) is 5.91 Å². The van der Waals surface area contributed by atoms with Crippen molar-refractivity contribution in [2.45, 2.75) is 71.8 Å². The molecule has 1 N–H and O–H groups in total. The summed E-state index contributed by atoms with van der Waals surface area (Å²) in [6, 6.07) is 7.54. The van der Waals surface area contributed by atoms with Crippen LogP contribution in [-0.2, 0) is 14.3 Å². The third-order valence-electron chi connectivity index (χ3n) is 7.65. The summed E-state index contributed by atoms with van der Waals surface area (Å²) in [5.41, 5.74) is 1.82. The molecule has 3 aliphatic rings. The van der Waals surface area contributed by atoms with Crippen LogP contribution in [0.15, 0.2) is 24.3 Å². The van der Waals surface area contributed by atoms with E-state index in [-0.39, 0.29) is 40.4 Å². The lowest BCUT2D eigenvalue weighted by Gasteiger charge is -2.39. The Labute approximate surface area is 191 Å². The second-order valence-corrected chi connectivity index (χ2v) is 11.3. The topological polar surface area (TPSA) is 75.7 Å². The minimum absolute atomic E-state index is 0.0684. The minimum Gasteiger partial charge on any atom is -0.469 e. The zero-order valence-electron chi connectivity index (χ0n) is 19.8. The van der Waals surface area contributed by atoms with E-state index in [9.17, 15) is 14.4 Å². The summed E-state index contributed by atoms with van der Waals surface area (Å²) in [5.74, 6) is -0.601. The van der Waals surface area contributed by atoms with Crippen molar-refractivity contribution in [3.05, 3.63) is 29.8 Å². The molecule has 1 aromatic carbocycles. The highest BCUT2D eigenvalue weighted by Gasteiger charge is 2.51. The molecule has 2 bridgehead atoms. The van der Waals surface area contributed by atoms with Gasteiger partial charge in [-0.25, -0.2) is 0 Å². The number of rotatable bonds is 4. The molecule has 1 heterocycles. The van der Waals surface area contributed by atoms with Gasteiger partial charge >= 0.3 is 5.97 Å². The molecule has 1 saturated heterocycles. The average Bonchev–Trinajstić information content (AvgIpc) is 3.01. The first-order chi connectivity index (χ1) is 15.1. The lowest BCUT2D eigenvalue weighted by Crippen LogP contribution is -2.37. The third-order valence-corrected chi connectivity index (χ3v) is 7.65. The number of esters is 1. The standard InChI is InChI=1S/C26H36N2O4/c1-25(2)13-21-14-26(3,15-25)16-28(21)23(30)17-8-10-20(11-9-17)27-22(29)18-6-5-7-19(12-18)24(31)32-4/h8-11,18-19,21H,5-7,12-16H2,1-4H3,(H,27,29). The van der Waals surface area contributed by atoms with Crippen molar-refractivity contribution in [2.75, 3.05) is 19.0 Å². The van der Waals surface area contributed by atoms with Crippen LogP contribution in [0.25, 0.3) is 0 Å². The maximum absolute atomic E-state index is 13.2. The summed E-state index contributed by atoms with van der Waals surface area (Å²) < 4.78 is 4.85. The Morgan fingerprint density at radius 1 is 1.03 bits per heavy atom. The van der Waals surface area contributed by atoms with E-state index in [1.807, 2.05) is 12.1 Å². The molecule has 0 spiro atoms. The average molecular weight is 441 g/mol. The molecule has 3 fully saturated rings. The molecule has 174 valence electrons. The molecular formula is C26H36N2O4. The Morgan fingerprint density at radius 2 is 1.72 bits per heavy atom. The van der Waals surface area contributed by atoms with E-state index >= 15 is 0 Å². The molecule has 4 rings (SSSR count). The summed E-state index contributed by atoms with van der Waals surface area (Å²) >= 11 is 0. The maximum atomic E-state index is 13.2. The van der Waals surface area contributed by atoms with Crippen LogP contribution in [0.3, 0.4) is 0 Å². The van der Waals surface area contributed by atoms with Crippen molar-refractivity contribution in [2.24, 2.45) is 22.7 Å². The van der Waals surface area contributed by atoms with E-state index in [1.54, 1.807) is 12.1 Å². The molecule has 1 aliphatic heterocycles. The fourth-order valence-electron chi connectivity index (χ4n) is 6.61. The van der Waals surface area contributed by atoms with Crippen molar-refractivity contribution in [3.63, 3.8) is 0 Å². The molecule has 6 heteroatoms. The van der Waals surface area contributed by atoms with Crippen molar-refractivity contribution >= 4 is 23.5 Å². The number of nitrogens with zero attached hydrogens (tertiary/aromatic N) is 1. The molecule has 4 unspecified atom stereocenters. The molecule has 4 atom stereocenters. The van der Waals surface area contributed by atoms with E-state index in [4.69, 9.17) is 4.74 Å². The van der Waals surface area contributed by atoms with Gasteiger partial charge in [-0.2, -0.15) is 0 Å². The van der Waals surface area contributed by atoms with Crippen LogP contribution >= 0.6 is 0 Å². The molecular weight excluding hydrogens is 404 g/mol. The highest BCUT2D eigenvalue weighted by molar-refractivity contribution is 5.96. The van der Waals surface area contributed by atoms with E-state index in [2.05, 4.69) is 31.0 Å². The van der Waals surface area contributed by atoms with Gasteiger partial charge in [0.15, 0.2) is 0 Å². The quantitative estimate of drug-likeness (QED) is 0.692. The van der Waals surface area contributed by atoms with Gasteiger partial charge in [0, 0.05) is 29.8 Å². The minimum atomic E-state index is -0.228. The van der Waals surface area contributed by atoms with Gasteiger partial charge in [-0.05, 0) is 73.6 Å². The highest BCUT2D eigenvalue weighted by atomic mass is 16.5. The second kappa shape index (κ2) is 8.53. The lowest BCUT2D eigenvalue weighted by molar-refractivity contribution is -0.147. The number of nitrogens with one attached hydrogen (secondary N) is 1. The Hall–Kier alpha value is -2.37. The van der Waals surface area contributed by atoms with Crippen molar-refractivity contribution in [1.29, 1.82) is 0 Å². The molecule has 6 nitrogen and oxygen atoms in total. The number of likely N-dealkylation sites (tertiary alicyclic amines) is 1. The summed E-state index contributed by atoms with van der Waals surface area (Å²) in [6.07, 6.45) is 6.23. The number of benzene rings is 1. The van der Waals surface area contributed by atoms with Crippen LogP contribution in [0, 0.1) is 22.7 Å². The number of carbonyl (C=O) groups is 3. The lowest BCUT2D eigenvalue weighted by atomic mass is 9.65. The van der Waals surface area contributed by atoms with Crippen molar-refractivity contribution < 1.29 is 19.1 Å². The normalized spacial score (nSPS) is 31.1. The Balaban J connectivity index is 1.38. The van der Waals surface area contributed by atoms with Gasteiger partial charge in [0.05, 0.1) is 13.0 Å².